The third-order valence-electron chi connectivity index (χ3n) is 2.17. The molecule has 0 atom stereocenters. The Bertz CT molecular complexity index is 589. The maximum absolute atomic E-state index is 13.3. The number of rotatable bonds is 2. The highest BCUT2D eigenvalue weighted by molar-refractivity contribution is 5.66. The van der Waals surface area contributed by atoms with Crippen molar-refractivity contribution in [3.63, 3.8) is 0 Å². The maximum Gasteiger partial charge on any atom is 0.143 e. The highest BCUT2D eigenvalue weighted by Crippen LogP contribution is 2.22. The van der Waals surface area contributed by atoms with Crippen molar-refractivity contribution >= 4 is 17.2 Å². The van der Waals surface area contributed by atoms with Gasteiger partial charge in [0, 0.05) is 18.0 Å². The van der Waals surface area contributed by atoms with Crippen LogP contribution in [0.1, 0.15) is 5.56 Å². The number of nitrogens with one attached hydrogen (secondary N) is 1. The molecule has 0 unspecified atom stereocenters. The van der Waals surface area contributed by atoms with Crippen LogP contribution in [0, 0.1) is 17.1 Å². The Hall–Kier alpha value is -2.61. The van der Waals surface area contributed by atoms with Crippen LogP contribution in [0.3, 0.4) is 0 Å². The minimum Gasteiger partial charge on any atom is -0.399 e. The molecule has 0 saturated heterocycles. The average Bonchev–Trinajstić information content (AvgIpc) is 2.29. The van der Waals surface area contributed by atoms with Gasteiger partial charge in [0.15, 0.2) is 0 Å². The van der Waals surface area contributed by atoms with Crippen LogP contribution in [0.4, 0.5) is 21.6 Å². The number of nitriles is 1. The molecule has 0 radical (unpaired) electrons. The molecule has 3 N–H and O–H groups in total. The molecule has 0 aliphatic heterocycles. The summed E-state index contributed by atoms with van der Waals surface area (Å²) in [5.41, 5.74) is 6.45. The van der Waals surface area contributed by atoms with Gasteiger partial charge in [-0.25, -0.2) is 9.37 Å². The number of nitrogen functional groups attached to an aromatic ring is 1. The lowest BCUT2D eigenvalue weighted by molar-refractivity contribution is 0.624. The standard InChI is InChI=1S/C12H9FN4/c13-10-2-1-3-11(9(10)7-14)17-12-6-8(15)4-5-16-12/h1-6H,(H3,15,16,17). The summed E-state index contributed by atoms with van der Waals surface area (Å²) in [6.07, 6.45) is 1.53. The van der Waals surface area contributed by atoms with E-state index in [4.69, 9.17) is 11.0 Å². The molecular weight excluding hydrogens is 219 g/mol. The van der Waals surface area contributed by atoms with Gasteiger partial charge >= 0.3 is 0 Å². The molecule has 1 aromatic carbocycles. The van der Waals surface area contributed by atoms with Gasteiger partial charge in [0.25, 0.3) is 0 Å². The zero-order valence-electron chi connectivity index (χ0n) is 8.81. The van der Waals surface area contributed by atoms with Gasteiger partial charge in [-0.05, 0) is 18.2 Å². The summed E-state index contributed by atoms with van der Waals surface area (Å²) in [5.74, 6) is -0.103. The van der Waals surface area contributed by atoms with Crippen LogP contribution in [-0.4, -0.2) is 4.98 Å². The molecule has 17 heavy (non-hydrogen) atoms. The highest BCUT2D eigenvalue weighted by atomic mass is 19.1. The van der Waals surface area contributed by atoms with Gasteiger partial charge in [-0.15, -0.1) is 0 Å². The summed E-state index contributed by atoms with van der Waals surface area (Å²) in [5, 5.41) is 11.7. The van der Waals surface area contributed by atoms with Crippen molar-refractivity contribution in [2.75, 3.05) is 11.1 Å². The predicted molar refractivity (Wildman–Crippen MR) is 63.0 cm³/mol. The molecule has 0 fully saturated rings. The molecule has 0 aliphatic rings. The minimum absolute atomic E-state index is 0.0447. The molecule has 1 heterocycles. The second kappa shape index (κ2) is 4.49. The topological polar surface area (TPSA) is 74.7 Å². The number of hydrogen-bond acceptors (Lipinski definition) is 4. The first-order valence-corrected chi connectivity index (χ1v) is 4.88. The first-order chi connectivity index (χ1) is 8.20. The smallest absolute Gasteiger partial charge is 0.143 e. The van der Waals surface area contributed by atoms with Crippen molar-refractivity contribution in [2.45, 2.75) is 0 Å². The molecule has 1 aromatic heterocycles. The Kier molecular flexibility index (Phi) is 2.88. The quantitative estimate of drug-likeness (QED) is 0.827. The van der Waals surface area contributed by atoms with E-state index >= 15 is 0 Å². The third-order valence-corrected chi connectivity index (χ3v) is 2.17. The zero-order chi connectivity index (χ0) is 12.3. The van der Waals surface area contributed by atoms with Crippen molar-refractivity contribution in [1.29, 1.82) is 5.26 Å². The van der Waals surface area contributed by atoms with Gasteiger partial charge in [-0.2, -0.15) is 5.26 Å². The van der Waals surface area contributed by atoms with E-state index in [0.29, 0.717) is 17.2 Å². The van der Waals surface area contributed by atoms with Gasteiger partial charge in [0.1, 0.15) is 23.3 Å². The predicted octanol–water partition coefficient (Wildman–Crippen LogP) is 2.42. The molecule has 0 bridgehead atoms. The molecule has 2 aromatic rings. The second-order valence-corrected chi connectivity index (χ2v) is 3.37. The minimum atomic E-state index is -0.568. The number of anilines is 3. The van der Waals surface area contributed by atoms with Crippen LogP contribution in [0.5, 0.6) is 0 Å². The van der Waals surface area contributed by atoms with Crippen molar-refractivity contribution in [2.24, 2.45) is 0 Å². The average molecular weight is 228 g/mol. The molecule has 2 rings (SSSR count). The highest BCUT2D eigenvalue weighted by Gasteiger charge is 2.07. The summed E-state index contributed by atoms with van der Waals surface area (Å²) >= 11 is 0. The largest absolute Gasteiger partial charge is 0.399 e. The fraction of sp³-hybridized carbons (Fsp3) is 0. The molecule has 0 amide bonds. The number of nitrogens with zero attached hydrogens (tertiary/aromatic N) is 2. The Morgan fingerprint density at radius 3 is 2.88 bits per heavy atom. The normalized spacial score (nSPS) is 9.65. The number of halogens is 1. The summed E-state index contributed by atoms with van der Waals surface area (Å²) in [4.78, 5) is 4.02. The van der Waals surface area contributed by atoms with Crippen LogP contribution in [0.2, 0.25) is 0 Å². The lowest BCUT2D eigenvalue weighted by atomic mass is 10.2. The molecule has 0 saturated carbocycles. The maximum atomic E-state index is 13.3. The van der Waals surface area contributed by atoms with Gasteiger partial charge in [0.05, 0.1) is 5.69 Å². The van der Waals surface area contributed by atoms with Crippen LogP contribution in [0.25, 0.3) is 0 Å². The van der Waals surface area contributed by atoms with Crippen LogP contribution < -0.4 is 11.1 Å². The van der Waals surface area contributed by atoms with Crippen LogP contribution in [-0.2, 0) is 0 Å². The Labute approximate surface area is 97.5 Å². The summed E-state index contributed by atoms with van der Waals surface area (Å²) in [6.45, 7) is 0. The molecule has 0 aliphatic carbocycles. The summed E-state index contributed by atoms with van der Waals surface area (Å²) in [6, 6.07) is 9.40. The molecule has 84 valence electrons. The van der Waals surface area contributed by atoms with E-state index in [-0.39, 0.29) is 5.56 Å². The first kappa shape index (κ1) is 10.9. The van der Waals surface area contributed by atoms with E-state index in [2.05, 4.69) is 10.3 Å². The zero-order valence-corrected chi connectivity index (χ0v) is 8.81. The lowest BCUT2D eigenvalue weighted by Gasteiger charge is -2.07. The Morgan fingerprint density at radius 1 is 1.35 bits per heavy atom. The number of benzene rings is 1. The monoisotopic (exact) mass is 228 g/mol. The number of nitrogens with two attached hydrogens (primary N) is 1. The van der Waals surface area contributed by atoms with Crippen LogP contribution >= 0.6 is 0 Å². The fourth-order valence-electron chi connectivity index (χ4n) is 1.40. The molecule has 4 nitrogen and oxygen atoms in total. The van der Waals surface area contributed by atoms with E-state index < -0.39 is 5.82 Å². The lowest BCUT2D eigenvalue weighted by Crippen LogP contribution is -1.98. The van der Waals surface area contributed by atoms with E-state index in [9.17, 15) is 4.39 Å². The van der Waals surface area contributed by atoms with E-state index in [0.717, 1.165) is 0 Å². The number of aromatic nitrogens is 1. The van der Waals surface area contributed by atoms with E-state index in [1.54, 1.807) is 24.3 Å². The Balaban J connectivity index is 2.37. The van der Waals surface area contributed by atoms with Gasteiger partial charge in [-0.1, -0.05) is 6.07 Å². The van der Waals surface area contributed by atoms with Gasteiger partial charge < -0.3 is 11.1 Å². The van der Waals surface area contributed by atoms with Crippen LogP contribution in [0.15, 0.2) is 36.5 Å². The van der Waals surface area contributed by atoms with E-state index in [1.807, 2.05) is 0 Å². The molecular formula is C12H9FN4. The van der Waals surface area contributed by atoms with Crippen molar-refractivity contribution in [1.82, 2.24) is 4.98 Å². The van der Waals surface area contributed by atoms with E-state index in [1.165, 1.54) is 18.3 Å². The van der Waals surface area contributed by atoms with Crippen molar-refractivity contribution in [3.8, 4) is 6.07 Å². The third kappa shape index (κ3) is 2.32. The number of pyridine rings is 1. The summed E-state index contributed by atoms with van der Waals surface area (Å²) in [7, 11) is 0. The van der Waals surface area contributed by atoms with Gasteiger partial charge in [-0.3, -0.25) is 0 Å². The molecule has 5 heteroatoms. The fourth-order valence-corrected chi connectivity index (χ4v) is 1.40. The summed E-state index contributed by atoms with van der Waals surface area (Å²) < 4.78 is 13.3. The Morgan fingerprint density at radius 2 is 2.18 bits per heavy atom. The van der Waals surface area contributed by atoms with Gasteiger partial charge in [0.2, 0.25) is 0 Å². The second-order valence-electron chi connectivity index (χ2n) is 3.37. The number of hydrogen-bond donors (Lipinski definition) is 2. The van der Waals surface area contributed by atoms with Crippen molar-refractivity contribution < 1.29 is 4.39 Å². The van der Waals surface area contributed by atoms with Crippen molar-refractivity contribution in [3.05, 3.63) is 47.9 Å². The molecule has 0 spiro atoms. The first-order valence-electron chi connectivity index (χ1n) is 4.88. The SMILES string of the molecule is N#Cc1c(F)cccc1Nc1cc(N)ccn1.